The van der Waals surface area contributed by atoms with Crippen LogP contribution in [0, 0.1) is 0 Å². The highest BCUT2D eigenvalue weighted by molar-refractivity contribution is 5.89. The van der Waals surface area contributed by atoms with Crippen molar-refractivity contribution < 1.29 is 19.1 Å². The Morgan fingerprint density at radius 3 is 1.50 bits per heavy atom. The van der Waals surface area contributed by atoms with Crippen molar-refractivity contribution in [3.63, 3.8) is 0 Å². The van der Waals surface area contributed by atoms with Crippen molar-refractivity contribution in [3.8, 4) is 0 Å². The Bertz CT molecular complexity index is 1030. The number of ether oxygens (including phenoxy) is 2. The van der Waals surface area contributed by atoms with E-state index in [-0.39, 0.29) is 11.9 Å². The smallest absolute Gasteiger partial charge is 0.337 e. The van der Waals surface area contributed by atoms with Gasteiger partial charge in [-0.3, -0.25) is 9.98 Å². The molecule has 0 aliphatic carbocycles. The highest BCUT2D eigenvalue weighted by Crippen LogP contribution is 2.08. The van der Waals surface area contributed by atoms with Gasteiger partial charge in [-0.05, 0) is 47.5 Å². The number of hydrogen-bond acceptors (Lipinski definition) is 7. The molecule has 0 saturated carbocycles. The molecule has 0 spiro atoms. The van der Waals surface area contributed by atoms with Crippen molar-refractivity contribution in [2.75, 3.05) is 14.2 Å². The summed E-state index contributed by atoms with van der Waals surface area (Å²) < 4.78 is 9.39. The Morgan fingerprint density at radius 1 is 0.719 bits per heavy atom. The number of hydrogen-bond donors (Lipinski definition) is 0. The molecule has 0 aliphatic rings. The molecular formula is C25H23N3O4. The van der Waals surface area contributed by atoms with Gasteiger partial charge in [0.15, 0.2) is 0 Å². The first-order chi connectivity index (χ1) is 15.6. The highest BCUT2D eigenvalue weighted by atomic mass is 16.5. The van der Waals surface area contributed by atoms with E-state index in [1.165, 1.54) is 14.2 Å². The molecule has 0 saturated heterocycles. The maximum absolute atomic E-state index is 11.5. The number of aliphatic imine (C=N–C) groups is 2. The Morgan fingerprint density at radius 2 is 1.12 bits per heavy atom. The summed E-state index contributed by atoms with van der Waals surface area (Å²) in [6, 6.07) is 19.9. The monoisotopic (exact) mass is 429 g/mol. The largest absolute Gasteiger partial charge is 0.465 e. The summed E-state index contributed by atoms with van der Waals surface area (Å²) in [7, 11) is 2.71. The summed E-state index contributed by atoms with van der Waals surface area (Å²) in [5.74, 6) is -0.720. The summed E-state index contributed by atoms with van der Waals surface area (Å²) in [5, 5.41) is 0. The zero-order valence-corrected chi connectivity index (χ0v) is 17.9. The lowest BCUT2D eigenvalue weighted by Gasteiger charge is -2.01. The molecule has 3 rings (SSSR count). The molecule has 0 radical (unpaired) electrons. The van der Waals surface area contributed by atoms with E-state index < -0.39 is 0 Å². The first kappa shape index (κ1) is 22.6. The van der Waals surface area contributed by atoms with Crippen LogP contribution < -0.4 is 0 Å². The number of methoxy groups -OCH3 is 2. The van der Waals surface area contributed by atoms with E-state index >= 15 is 0 Å². The van der Waals surface area contributed by atoms with E-state index in [1.54, 1.807) is 36.7 Å². The third kappa shape index (κ3) is 6.43. The fourth-order valence-electron chi connectivity index (χ4n) is 2.83. The SMILES string of the molecule is COC(=O)c1ccc(CN=Cc2cccc(C=NCc3ccc(C(=O)OC)cc3)n2)cc1. The second-order valence-corrected chi connectivity index (χ2v) is 6.80. The van der Waals surface area contributed by atoms with E-state index in [2.05, 4.69) is 15.0 Å². The Kier molecular flexibility index (Phi) is 7.97. The third-order valence-corrected chi connectivity index (χ3v) is 4.54. The molecule has 0 amide bonds. The van der Waals surface area contributed by atoms with Crippen molar-refractivity contribution in [1.82, 2.24) is 4.98 Å². The first-order valence-corrected chi connectivity index (χ1v) is 9.90. The fraction of sp³-hybridized carbons (Fsp3) is 0.160. The molecule has 0 fully saturated rings. The van der Waals surface area contributed by atoms with Crippen molar-refractivity contribution in [1.29, 1.82) is 0 Å². The van der Waals surface area contributed by atoms with Gasteiger partial charge in [0.05, 0.1) is 49.8 Å². The fourth-order valence-corrected chi connectivity index (χ4v) is 2.83. The van der Waals surface area contributed by atoms with E-state index in [0.29, 0.717) is 24.2 Å². The van der Waals surface area contributed by atoms with Crippen LogP contribution >= 0.6 is 0 Å². The second kappa shape index (κ2) is 11.3. The van der Waals surface area contributed by atoms with Gasteiger partial charge in [0.1, 0.15) is 0 Å². The molecule has 0 unspecified atom stereocenters. The average Bonchev–Trinajstić information content (AvgIpc) is 2.84. The second-order valence-electron chi connectivity index (χ2n) is 6.80. The standard InChI is InChI=1S/C25H23N3O4/c1-31-24(29)20-10-6-18(7-11-20)14-26-16-22-4-3-5-23(28-22)17-27-15-19-8-12-21(13-9-19)25(30)32-2/h3-13,16-17H,14-15H2,1-2H3. The van der Waals surface area contributed by atoms with Crippen molar-refractivity contribution in [3.05, 3.63) is 100 Å². The predicted octanol–water partition coefficient (Wildman–Crippen LogP) is 3.89. The number of carbonyl (C=O) groups is 2. The van der Waals surface area contributed by atoms with Crippen molar-refractivity contribution in [2.45, 2.75) is 13.1 Å². The summed E-state index contributed by atoms with van der Waals surface area (Å²) in [6.45, 7) is 0.950. The maximum atomic E-state index is 11.5. The van der Waals surface area contributed by atoms with E-state index in [4.69, 9.17) is 9.47 Å². The van der Waals surface area contributed by atoms with Crippen molar-refractivity contribution >= 4 is 24.4 Å². The molecule has 0 atom stereocenters. The molecule has 7 heteroatoms. The van der Waals surface area contributed by atoms with Crippen molar-refractivity contribution in [2.24, 2.45) is 9.98 Å². The normalized spacial score (nSPS) is 11.1. The van der Waals surface area contributed by atoms with Crippen LogP contribution in [0.1, 0.15) is 43.2 Å². The summed E-state index contributed by atoms with van der Waals surface area (Å²) in [5.41, 5.74) is 4.42. The van der Waals surface area contributed by atoms with Crippen LogP contribution in [0.2, 0.25) is 0 Å². The molecule has 0 N–H and O–H groups in total. The quantitative estimate of drug-likeness (QED) is 0.400. The van der Waals surface area contributed by atoms with Crippen LogP contribution in [-0.2, 0) is 22.6 Å². The molecule has 2 aromatic carbocycles. The molecule has 1 heterocycles. The summed E-state index contributed by atoms with van der Waals surface area (Å²) in [6.07, 6.45) is 3.41. The van der Waals surface area contributed by atoms with Gasteiger partial charge in [-0.1, -0.05) is 30.3 Å². The van der Waals surface area contributed by atoms with E-state index in [9.17, 15) is 9.59 Å². The van der Waals surface area contributed by atoms with E-state index in [1.807, 2.05) is 42.5 Å². The average molecular weight is 429 g/mol. The van der Waals surface area contributed by atoms with Crippen LogP contribution in [0.3, 0.4) is 0 Å². The topological polar surface area (TPSA) is 90.2 Å². The van der Waals surface area contributed by atoms with Gasteiger partial charge in [-0.2, -0.15) is 0 Å². The predicted molar refractivity (Wildman–Crippen MR) is 122 cm³/mol. The summed E-state index contributed by atoms with van der Waals surface area (Å²) in [4.78, 5) is 36.3. The van der Waals surface area contributed by atoms with E-state index in [0.717, 1.165) is 22.5 Å². The summed E-state index contributed by atoms with van der Waals surface area (Å²) >= 11 is 0. The van der Waals surface area contributed by atoms with Gasteiger partial charge in [0.2, 0.25) is 0 Å². The number of rotatable bonds is 8. The molecule has 1 aromatic heterocycles. The number of carbonyl (C=O) groups excluding carboxylic acids is 2. The molecular weight excluding hydrogens is 406 g/mol. The van der Waals surface area contributed by atoms with Gasteiger partial charge >= 0.3 is 11.9 Å². The zero-order chi connectivity index (χ0) is 22.8. The minimum Gasteiger partial charge on any atom is -0.465 e. The maximum Gasteiger partial charge on any atom is 0.337 e. The Balaban J connectivity index is 1.55. The van der Waals surface area contributed by atoms with Crippen LogP contribution in [0.4, 0.5) is 0 Å². The third-order valence-electron chi connectivity index (χ3n) is 4.54. The lowest BCUT2D eigenvalue weighted by molar-refractivity contribution is 0.0592. The molecule has 0 bridgehead atoms. The molecule has 32 heavy (non-hydrogen) atoms. The number of pyridine rings is 1. The molecule has 7 nitrogen and oxygen atoms in total. The number of nitrogens with zero attached hydrogens (tertiary/aromatic N) is 3. The van der Waals surface area contributed by atoms with Crippen LogP contribution in [0.5, 0.6) is 0 Å². The Hall–Kier alpha value is -4.13. The zero-order valence-electron chi connectivity index (χ0n) is 17.9. The Labute approximate surface area is 186 Å². The molecule has 0 aliphatic heterocycles. The van der Waals surface area contributed by atoms with Gasteiger partial charge in [-0.25, -0.2) is 14.6 Å². The van der Waals surface area contributed by atoms with Crippen LogP contribution in [0.25, 0.3) is 0 Å². The number of aromatic nitrogens is 1. The van der Waals surface area contributed by atoms with Crippen LogP contribution in [0.15, 0.2) is 76.7 Å². The van der Waals surface area contributed by atoms with Gasteiger partial charge in [0.25, 0.3) is 0 Å². The highest BCUT2D eigenvalue weighted by Gasteiger charge is 2.04. The minimum absolute atomic E-state index is 0.360. The van der Waals surface area contributed by atoms with Crippen LogP contribution in [-0.4, -0.2) is 43.6 Å². The van der Waals surface area contributed by atoms with Gasteiger partial charge < -0.3 is 9.47 Å². The number of benzene rings is 2. The lowest BCUT2D eigenvalue weighted by Crippen LogP contribution is -2.00. The first-order valence-electron chi connectivity index (χ1n) is 9.90. The minimum atomic E-state index is -0.360. The molecule has 162 valence electrons. The van der Waals surface area contributed by atoms with Gasteiger partial charge in [-0.15, -0.1) is 0 Å². The van der Waals surface area contributed by atoms with Gasteiger partial charge in [0, 0.05) is 12.4 Å². The number of esters is 2. The molecule has 3 aromatic rings. The lowest BCUT2D eigenvalue weighted by atomic mass is 10.1.